The molecule has 0 unspecified atom stereocenters. The van der Waals surface area contributed by atoms with E-state index in [1.165, 1.54) is 24.5 Å². The Hall–Kier alpha value is -6.72. The van der Waals surface area contributed by atoms with Crippen LogP contribution in [0.5, 0.6) is 0 Å². The maximum Gasteiger partial charge on any atom is 0.276 e. The van der Waals surface area contributed by atoms with E-state index in [2.05, 4.69) is 40.7 Å². The van der Waals surface area contributed by atoms with Crippen LogP contribution in [0.4, 0.5) is 11.9 Å². The number of fused-ring (bicyclic) bond motifs is 2. The first-order chi connectivity index (χ1) is 26.0. The molecule has 5 aromatic rings. The lowest BCUT2D eigenvalue weighted by molar-refractivity contribution is -0.110. The zero-order valence-corrected chi connectivity index (χ0v) is 29.8. The molecule has 54 heavy (non-hydrogen) atoms. The number of nitrogens with one attached hydrogen (secondary N) is 2. The molecule has 2 aliphatic carbocycles. The number of allylic oxidation sites excluding steroid dienone is 3. The van der Waals surface area contributed by atoms with E-state index in [-0.39, 0.29) is 47.7 Å². The number of primary amides is 2. The number of carbonyl (C=O) groups is 4. The van der Waals surface area contributed by atoms with Gasteiger partial charge in [-0.05, 0) is 69.7 Å². The van der Waals surface area contributed by atoms with Crippen LogP contribution in [-0.4, -0.2) is 74.7 Å². The first-order valence-electron chi connectivity index (χ1n) is 17.7. The molecule has 5 heterocycles. The fraction of sp³-hybridized carbons (Fsp3) is 0.333. The second-order valence-corrected chi connectivity index (χ2v) is 13.2. The molecule has 0 bridgehead atoms. The molecule has 2 saturated carbocycles. The van der Waals surface area contributed by atoms with Crippen LogP contribution in [0.15, 0.2) is 59.5 Å². The highest BCUT2D eigenvalue weighted by Gasteiger charge is 2.29. The number of nitrogens with zero attached hydrogens (tertiary/aromatic N) is 9. The SMILES string of the molecule is CCN=C(/C=C(\N)C1CC1)C(=O)Nc1nc2cc(C(N)=O)cnc2n1C/C=C/Cn1c(NC(=O)c2cc(C3CC3)nn2CC)nc2cc(C(N)=O)cnc21. The van der Waals surface area contributed by atoms with Gasteiger partial charge in [-0.15, -0.1) is 0 Å². The molecule has 0 spiro atoms. The third-order valence-electron chi connectivity index (χ3n) is 9.17. The Bertz CT molecular complexity index is 2410. The summed E-state index contributed by atoms with van der Waals surface area (Å²) in [6.45, 7) is 5.00. The molecule has 5 aromatic heterocycles. The summed E-state index contributed by atoms with van der Waals surface area (Å²) in [5.74, 6) is -1.25. The Kier molecular flexibility index (Phi) is 9.73. The van der Waals surface area contributed by atoms with Gasteiger partial charge in [0.05, 0.1) is 16.8 Å². The smallest absolute Gasteiger partial charge is 0.276 e. The molecule has 18 nitrogen and oxygen atoms in total. The van der Waals surface area contributed by atoms with Crippen LogP contribution in [-0.2, 0) is 24.4 Å². The lowest BCUT2D eigenvalue weighted by atomic mass is 10.2. The summed E-state index contributed by atoms with van der Waals surface area (Å²) in [4.78, 5) is 73.3. The first-order valence-corrected chi connectivity index (χ1v) is 17.7. The molecular weight excluding hydrogens is 692 g/mol. The summed E-state index contributed by atoms with van der Waals surface area (Å²) in [7, 11) is 0. The average Bonchev–Trinajstić information content (AvgIpc) is 4.08. The third kappa shape index (κ3) is 7.43. The molecule has 2 fully saturated rings. The van der Waals surface area contributed by atoms with Crippen molar-refractivity contribution in [2.75, 3.05) is 17.2 Å². The minimum absolute atomic E-state index is 0.160. The number of anilines is 2. The van der Waals surface area contributed by atoms with E-state index in [0.717, 1.165) is 31.4 Å². The van der Waals surface area contributed by atoms with Gasteiger partial charge in [0.25, 0.3) is 11.8 Å². The molecule has 8 N–H and O–H groups in total. The molecule has 0 atom stereocenters. The van der Waals surface area contributed by atoms with Gasteiger partial charge in [-0.1, -0.05) is 12.2 Å². The van der Waals surface area contributed by atoms with Crippen molar-refractivity contribution < 1.29 is 19.2 Å². The average molecular weight is 733 g/mol. The largest absolute Gasteiger partial charge is 0.402 e. The van der Waals surface area contributed by atoms with E-state index in [1.54, 1.807) is 19.9 Å². The number of nitrogens with two attached hydrogens (primary N) is 3. The lowest BCUT2D eigenvalue weighted by Gasteiger charge is -2.10. The predicted octanol–water partition coefficient (Wildman–Crippen LogP) is 2.63. The molecule has 0 saturated heterocycles. The van der Waals surface area contributed by atoms with E-state index in [0.29, 0.717) is 52.7 Å². The zero-order chi connectivity index (χ0) is 38.1. The van der Waals surface area contributed by atoms with Gasteiger partial charge < -0.3 is 17.2 Å². The summed E-state index contributed by atoms with van der Waals surface area (Å²) in [6.07, 6.45) is 12.0. The summed E-state index contributed by atoms with van der Waals surface area (Å²) < 4.78 is 5.03. The predicted molar refractivity (Wildman–Crippen MR) is 201 cm³/mol. The van der Waals surface area contributed by atoms with Gasteiger partial charge in [0.15, 0.2) is 11.3 Å². The molecule has 0 aliphatic heterocycles. The van der Waals surface area contributed by atoms with E-state index in [1.807, 2.05) is 32.1 Å². The number of rotatable bonds is 15. The third-order valence-corrected chi connectivity index (χ3v) is 9.17. The van der Waals surface area contributed by atoms with Crippen molar-refractivity contribution >= 4 is 63.6 Å². The summed E-state index contributed by atoms with van der Waals surface area (Å²) >= 11 is 0. The minimum Gasteiger partial charge on any atom is -0.402 e. The minimum atomic E-state index is -0.669. The van der Waals surface area contributed by atoms with Crippen molar-refractivity contribution in [3.8, 4) is 0 Å². The number of amides is 4. The highest BCUT2D eigenvalue weighted by Crippen LogP contribution is 2.39. The fourth-order valence-corrected chi connectivity index (χ4v) is 6.00. The molecule has 0 aromatic carbocycles. The van der Waals surface area contributed by atoms with Gasteiger partial charge in [0.1, 0.15) is 22.4 Å². The number of hydrogen-bond acceptors (Lipinski definition) is 11. The fourth-order valence-electron chi connectivity index (χ4n) is 6.00. The van der Waals surface area contributed by atoms with Crippen molar-refractivity contribution in [1.82, 2.24) is 38.9 Å². The highest BCUT2D eigenvalue weighted by molar-refractivity contribution is 6.47. The van der Waals surface area contributed by atoms with Crippen LogP contribution in [0.1, 0.15) is 82.3 Å². The van der Waals surface area contributed by atoms with Gasteiger partial charge >= 0.3 is 0 Å². The number of pyridine rings is 2. The van der Waals surface area contributed by atoms with Crippen molar-refractivity contribution in [1.29, 1.82) is 0 Å². The van der Waals surface area contributed by atoms with Crippen molar-refractivity contribution in [3.05, 3.63) is 77.0 Å². The molecule has 18 heteroatoms. The van der Waals surface area contributed by atoms with Crippen molar-refractivity contribution in [3.63, 3.8) is 0 Å². The number of aliphatic imine (C=N–C) groups is 1. The van der Waals surface area contributed by atoms with E-state index in [9.17, 15) is 19.2 Å². The van der Waals surface area contributed by atoms with Crippen LogP contribution in [0.25, 0.3) is 22.3 Å². The summed E-state index contributed by atoms with van der Waals surface area (Å²) in [6, 6.07) is 4.84. The van der Waals surface area contributed by atoms with E-state index in [4.69, 9.17) is 17.2 Å². The molecule has 0 radical (unpaired) electrons. The van der Waals surface area contributed by atoms with Crippen LogP contribution in [0.2, 0.25) is 0 Å². The maximum atomic E-state index is 13.6. The Balaban J connectivity index is 1.18. The Labute approximate surface area is 308 Å². The van der Waals surface area contributed by atoms with Gasteiger partial charge in [-0.3, -0.25) is 48.6 Å². The Morgan fingerprint density at radius 2 is 1.41 bits per heavy atom. The number of aryl methyl sites for hydroxylation is 1. The van der Waals surface area contributed by atoms with Crippen LogP contribution >= 0.6 is 0 Å². The normalized spacial score (nSPS) is 15.0. The first kappa shape index (κ1) is 35.7. The van der Waals surface area contributed by atoms with Gasteiger partial charge in [-0.2, -0.15) is 5.10 Å². The van der Waals surface area contributed by atoms with E-state index < -0.39 is 23.6 Å². The van der Waals surface area contributed by atoms with E-state index >= 15 is 0 Å². The topological polar surface area (TPSA) is 262 Å². The standard InChI is InChI=1S/C36H40N14O4/c1-3-40-27(15-23(37)19-7-8-19)33(53)45-35-43-25-13-21(29(38)51)17-41-31(25)48(35)11-5-6-12-49-32-26(14-22(18-42-32)30(39)52)44-36(49)46-34(54)28-16-24(20-9-10-20)47-50(28)4-2/h5-6,13-20H,3-4,7-12,37H2,1-2H3,(H2,38,51)(H2,39,52)(H,43,45,53)(H,44,46,54)/b6-5+,23-15-,40-27?. The van der Waals surface area contributed by atoms with Crippen LogP contribution in [0.3, 0.4) is 0 Å². The van der Waals surface area contributed by atoms with Gasteiger partial charge in [0, 0.05) is 50.2 Å². The number of imidazole rings is 2. The zero-order valence-electron chi connectivity index (χ0n) is 29.8. The molecule has 7 rings (SSSR count). The van der Waals surface area contributed by atoms with Crippen LogP contribution < -0.4 is 27.8 Å². The van der Waals surface area contributed by atoms with Gasteiger partial charge in [0.2, 0.25) is 23.7 Å². The Morgan fingerprint density at radius 1 is 0.833 bits per heavy atom. The quantitative estimate of drug-likeness (QED) is 0.0776. The van der Waals surface area contributed by atoms with Gasteiger partial charge in [-0.25, -0.2) is 19.9 Å². The number of hydrogen-bond donors (Lipinski definition) is 5. The molecule has 278 valence electrons. The van der Waals surface area contributed by atoms with Crippen molar-refractivity contribution in [2.45, 2.75) is 65.1 Å². The summed E-state index contributed by atoms with van der Waals surface area (Å²) in [5, 5.41) is 10.4. The monoisotopic (exact) mass is 732 g/mol. The number of aromatic nitrogens is 8. The van der Waals surface area contributed by atoms with Crippen LogP contribution in [0, 0.1) is 5.92 Å². The maximum absolute atomic E-state index is 13.6. The molecule has 2 aliphatic rings. The second kappa shape index (κ2) is 14.7. The molecule has 4 amide bonds. The van der Waals surface area contributed by atoms with Crippen molar-refractivity contribution in [2.24, 2.45) is 28.1 Å². The highest BCUT2D eigenvalue weighted by atomic mass is 16.2. The summed E-state index contributed by atoms with van der Waals surface area (Å²) in [5.41, 5.74) is 21.1. The lowest BCUT2D eigenvalue weighted by Crippen LogP contribution is -2.25. The molecular formula is C36H40N14O4. The second-order valence-electron chi connectivity index (χ2n) is 13.2. The Morgan fingerprint density at radius 3 is 1.91 bits per heavy atom. The number of carbonyl (C=O) groups excluding carboxylic acids is 4.